The summed E-state index contributed by atoms with van der Waals surface area (Å²) in [6.07, 6.45) is 8.25. The molecule has 4 nitrogen and oxygen atoms in total. The van der Waals surface area contributed by atoms with Gasteiger partial charge in [0.25, 0.3) is 0 Å². The fourth-order valence-electron chi connectivity index (χ4n) is 2.78. The van der Waals surface area contributed by atoms with Crippen LogP contribution in [0.2, 0.25) is 0 Å². The van der Waals surface area contributed by atoms with Gasteiger partial charge in [-0.2, -0.15) is 0 Å². The van der Waals surface area contributed by atoms with Crippen LogP contribution in [0.15, 0.2) is 43.0 Å². The number of aromatic nitrogens is 2. The average molecular weight is 257 g/mol. The number of rotatable bonds is 4. The van der Waals surface area contributed by atoms with Crippen molar-refractivity contribution in [2.75, 3.05) is 6.54 Å². The first-order valence-electron chi connectivity index (χ1n) is 6.79. The van der Waals surface area contributed by atoms with Crippen molar-refractivity contribution in [1.29, 1.82) is 0 Å². The molecule has 1 aliphatic rings. The van der Waals surface area contributed by atoms with Crippen molar-refractivity contribution in [3.63, 3.8) is 0 Å². The summed E-state index contributed by atoms with van der Waals surface area (Å²) in [6, 6.07) is 8.11. The van der Waals surface area contributed by atoms with Crippen LogP contribution < -0.4 is 0 Å². The highest BCUT2D eigenvalue weighted by Crippen LogP contribution is 2.22. The summed E-state index contributed by atoms with van der Waals surface area (Å²) in [4.78, 5) is 6.62. The predicted octanol–water partition coefficient (Wildman–Crippen LogP) is 2.25. The van der Waals surface area contributed by atoms with E-state index in [0.717, 1.165) is 19.6 Å². The largest absolute Gasteiger partial charge is 0.508 e. The predicted molar refractivity (Wildman–Crippen MR) is 73.8 cm³/mol. The molecule has 0 amide bonds. The molecule has 1 aliphatic heterocycles. The maximum atomic E-state index is 9.32. The maximum absolute atomic E-state index is 9.32. The van der Waals surface area contributed by atoms with E-state index < -0.39 is 0 Å². The van der Waals surface area contributed by atoms with E-state index in [1.165, 1.54) is 18.4 Å². The molecule has 0 unspecified atom stereocenters. The van der Waals surface area contributed by atoms with E-state index in [1.807, 2.05) is 30.9 Å². The topological polar surface area (TPSA) is 41.3 Å². The summed E-state index contributed by atoms with van der Waals surface area (Å²) in [6.45, 7) is 3.12. The highest BCUT2D eigenvalue weighted by molar-refractivity contribution is 5.25. The van der Waals surface area contributed by atoms with Gasteiger partial charge in [0.1, 0.15) is 5.75 Å². The molecule has 1 aromatic heterocycles. The molecular formula is C15H19N3O. The lowest BCUT2D eigenvalue weighted by atomic mass is 10.1. The molecule has 1 atom stereocenters. The van der Waals surface area contributed by atoms with E-state index in [-0.39, 0.29) is 0 Å². The Balaban J connectivity index is 1.64. The molecule has 0 bridgehead atoms. The zero-order chi connectivity index (χ0) is 13.1. The van der Waals surface area contributed by atoms with Crippen LogP contribution in [0.1, 0.15) is 18.4 Å². The van der Waals surface area contributed by atoms with Gasteiger partial charge in [0.2, 0.25) is 0 Å². The molecule has 19 heavy (non-hydrogen) atoms. The minimum Gasteiger partial charge on any atom is -0.508 e. The van der Waals surface area contributed by atoms with Gasteiger partial charge in [-0.15, -0.1) is 0 Å². The normalized spacial score (nSPS) is 19.9. The number of phenols is 1. The van der Waals surface area contributed by atoms with Gasteiger partial charge in [-0.25, -0.2) is 4.98 Å². The van der Waals surface area contributed by atoms with Gasteiger partial charge in [-0.1, -0.05) is 12.1 Å². The van der Waals surface area contributed by atoms with Crippen molar-refractivity contribution >= 4 is 0 Å². The number of nitrogens with zero attached hydrogens (tertiary/aromatic N) is 3. The zero-order valence-corrected chi connectivity index (χ0v) is 10.9. The minimum absolute atomic E-state index is 0.333. The molecule has 4 heteroatoms. The lowest BCUT2D eigenvalue weighted by Gasteiger charge is -2.24. The molecule has 0 radical (unpaired) electrons. The Morgan fingerprint density at radius 2 is 2.11 bits per heavy atom. The number of imidazole rings is 1. The standard InChI is InChI=1S/C15H19N3O/c19-15-5-3-13(4-6-15)10-18-8-1-2-14(18)11-17-9-7-16-12-17/h3-7,9,12,14,19H,1-2,8,10-11H2/t14-/m0/s1. The second kappa shape index (κ2) is 5.45. The fraction of sp³-hybridized carbons (Fsp3) is 0.400. The number of aromatic hydroxyl groups is 1. The van der Waals surface area contributed by atoms with Crippen molar-refractivity contribution in [1.82, 2.24) is 14.5 Å². The molecule has 0 spiro atoms. The van der Waals surface area contributed by atoms with Crippen LogP contribution in [-0.2, 0) is 13.1 Å². The van der Waals surface area contributed by atoms with Crippen LogP contribution in [-0.4, -0.2) is 32.1 Å². The molecule has 1 fully saturated rings. The summed E-state index contributed by atoms with van der Waals surface area (Å²) in [5.74, 6) is 0.333. The molecule has 1 saturated heterocycles. The molecule has 1 N–H and O–H groups in total. The van der Waals surface area contributed by atoms with E-state index in [0.29, 0.717) is 11.8 Å². The third-order valence-corrected chi connectivity index (χ3v) is 3.80. The monoisotopic (exact) mass is 257 g/mol. The minimum atomic E-state index is 0.333. The highest BCUT2D eigenvalue weighted by atomic mass is 16.3. The molecule has 2 heterocycles. The molecular weight excluding hydrogens is 238 g/mol. The Hall–Kier alpha value is -1.81. The van der Waals surface area contributed by atoms with Crippen molar-refractivity contribution in [3.8, 4) is 5.75 Å². The average Bonchev–Trinajstić information content (AvgIpc) is 3.06. The summed E-state index contributed by atoms with van der Waals surface area (Å²) in [5, 5.41) is 9.32. The van der Waals surface area contributed by atoms with Gasteiger partial charge < -0.3 is 9.67 Å². The first-order valence-corrected chi connectivity index (χ1v) is 6.79. The zero-order valence-electron chi connectivity index (χ0n) is 10.9. The Bertz CT molecular complexity index is 507. The first kappa shape index (κ1) is 12.2. The van der Waals surface area contributed by atoms with E-state index in [2.05, 4.69) is 14.5 Å². The molecule has 1 aromatic carbocycles. The number of hydrogen-bond donors (Lipinski definition) is 1. The number of likely N-dealkylation sites (tertiary alicyclic amines) is 1. The SMILES string of the molecule is Oc1ccc(CN2CCC[C@H]2Cn2ccnc2)cc1. The Labute approximate surface area is 113 Å². The van der Waals surface area contributed by atoms with Gasteiger partial charge in [0.15, 0.2) is 0 Å². The van der Waals surface area contributed by atoms with E-state index in [1.54, 1.807) is 12.1 Å². The van der Waals surface area contributed by atoms with Crippen LogP contribution in [0.25, 0.3) is 0 Å². The molecule has 2 aromatic rings. The Morgan fingerprint density at radius 1 is 1.26 bits per heavy atom. The van der Waals surface area contributed by atoms with Crippen LogP contribution >= 0.6 is 0 Å². The van der Waals surface area contributed by atoms with E-state index in [4.69, 9.17) is 0 Å². The first-order chi connectivity index (χ1) is 9.31. The Kier molecular flexibility index (Phi) is 3.51. The third kappa shape index (κ3) is 2.96. The van der Waals surface area contributed by atoms with Crippen LogP contribution in [0.3, 0.4) is 0 Å². The molecule has 100 valence electrons. The van der Waals surface area contributed by atoms with Crippen molar-refractivity contribution in [2.45, 2.75) is 32.0 Å². The number of hydrogen-bond acceptors (Lipinski definition) is 3. The van der Waals surface area contributed by atoms with Crippen LogP contribution in [0.4, 0.5) is 0 Å². The van der Waals surface area contributed by atoms with Gasteiger partial charge in [0.05, 0.1) is 6.33 Å². The van der Waals surface area contributed by atoms with Gasteiger partial charge in [0, 0.05) is 31.5 Å². The second-order valence-electron chi connectivity index (χ2n) is 5.19. The lowest BCUT2D eigenvalue weighted by molar-refractivity contribution is 0.224. The van der Waals surface area contributed by atoms with Crippen LogP contribution in [0.5, 0.6) is 5.75 Å². The summed E-state index contributed by atoms with van der Waals surface area (Å²) in [7, 11) is 0. The second-order valence-corrected chi connectivity index (χ2v) is 5.19. The maximum Gasteiger partial charge on any atom is 0.115 e. The van der Waals surface area contributed by atoms with E-state index >= 15 is 0 Å². The van der Waals surface area contributed by atoms with Crippen molar-refractivity contribution in [3.05, 3.63) is 48.5 Å². The van der Waals surface area contributed by atoms with Gasteiger partial charge >= 0.3 is 0 Å². The van der Waals surface area contributed by atoms with Gasteiger partial charge in [-0.3, -0.25) is 4.90 Å². The summed E-state index contributed by atoms with van der Waals surface area (Å²) < 4.78 is 2.15. The fourth-order valence-corrected chi connectivity index (χ4v) is 2.78. The number of benzene rings is 1. The van der Waals surface area contributed by atoms with Gasteiger partial charge in [-0.05, 0) is 37.1 Å². The quantitative estimate of drug-likeness (QED) is 0.913. The molecule has 0 aliphatic carbocycles. The molecule has 3 rings (SSSR count). The van der Waals surface area contributed by atoms with Crippen molar-refractivity contribution in [2.24, 2.45) is 0 Å². The van der Waals surface area contributed by atoms with Crippen molar-refractivity contribution < 1.29 is 5.11 Å². The number of phenolic OH excluding ortho intramolecular Hbond substituents is 1. The Morgan fingerprint density at radius 3 is 2.84 bits per heavy atom. The smallest absolute Gasteiger partial charge is 0.115 e. The molecule has 0 saturated carbocycles. The lowest BCUT2D eigenvalue weighted by Crippen LogP contribution is -2.32. The van der Waals surface area contributed by atoms with Crippen LogP contribution in [0, 0.1) is 0 Å². The summed E-state index contributed by atoms with van der Waals surface area (Å²) in [5.41, 5.74) is 1.26. The van der Waals surface area contributed by atoms with E-state index in [9.17, 15) is 5.11 Å². The summed E-state index contributed by atoms with van der Waals surface area (Å²) >= 11 is 0. The highest BCUT2D eigenvalue weighted by Gasteiger charge is 2.24. The third-order valence-electron chi connectivity index (χ3n) is 3.80.